The third-order valence-corrected chi connectivity index (χ3v) is 3.97. The van der Waals surface area contributed by atoms with Gasteiger partial charge in [0.05, 0.1) is 6.20 Å². The molecule has 1 heterocycles. The number of aromatic nitrogens is 3. The average molecular weight is 340 g/mol. The van der Waals surface area contributed by atoms with Crippen molar-refractivity contribution in [1.82, 2.24) is 15.2 Å². The Bertz CT molecular complexity index is 850. The molecule has 0 saturated carbocycles. The Labute approximate surface area is 146 Å². The van der Waals surface area contributed by atoms with Gasteiger partial charge < -0.3 is 10.6 Å². The van der Waals surface area contributed by atoms with Crippen LogP contribution in [-0.2, 0) is 6.54 Å². The van der Waals surface area contributed by atoms with Gasteiger partial charge in [-0.2, -0.15) is 10.1 Å². The second-order valence-electron chi connectivity index (χ2n) is 5.55. The van der Waals surface area contributed by atoms with E-state index in [4.69, 9.17) is 11.6 Å². The van der Waals surface area contributed by atoms with Crippen molar-refractivity contribution in [3.8, 4) is 0 Å². The Hall–Kier alpha value is -2.66. The average Bonchev–Trinajstić information content (AvgIpc) is 2.57. The molecule has 0 amide bonds. The van der Waals surface area contributed by atoms with Gasteiger partial charge >= 0.3 is 0 Å². The Morgan fingerprint density at radius 2 is 1.92 bits per heavy atom. The zero-order valence-corrected chi connectivity index (χ0v) is 14.3. The van der Waals surface area contributed by atoms with Crippen LogP contribution < -0.4 is 10.6 Å². The van der Waals surface area contributed by atoms with Crippen molar-refractivity contribution in [2.24, 2.45) is 0 Å². The van der Waals surface area contributed by atoms with Crippen LogP contribution in [0.25, 0.3) is 0 Å². The smallest absolute Gasteiger partial charge is 0.249 e. The fourth-order valence-electron chi connectivity index (χ4n) is 2.34. The molecule has 5 nitrogen and oxygen atoms in total. The lowest BCUT2D eigenvalue weighted by Crippen LogP contribution is -2.06. The van der Waals surface area contributed by atoms with Gasteiger partial charge in [0.25, 0.3) is 0 Å². The maximum Gasteiger partial charge on any atom is 0.249 e. The molecule has 0 aliphatic rings. The highest BCUT2D eigenvalue weighted by Crippen LogP contribution is 2.20. The lowest BCUT2D eigenvalue weighted by Gasteiger charge is -2.10. The quantitative estimate of drug-likeness (QED) is 0.716. The van der Waals surface area contributed by atoms with E-state index in [2.05, 4.69) is 38.8 Å². The Morgan fingerprint density at radius 1 is 1.08 bits per heavy atom. The van der Waals surface area contributed by atoms with E-state index in [1.807, 2.05) is 43.3 Å². The molecule has 1 aromatic heterocycles. The van der Waals surface area contributed by atoms with Crippen molar-refractivity contribution < 1.29 is 0 Å². The molecule has 2 aromatic carbocycles. The summed E-state index contributed by atoms with van der Waals surface area (Å²) < 4.78 is 0. The highest BCUT2D eigenvalue weighted by atomic mass is 35.5. The first-order valence-electron chi connectivity index (χ1n) is 7.63. The van der Waals surface area contributed by atoms with Gasteiger partial charge in [-0.3, -0.25) is 0 Å². The largest absolute Gasteiger partial charge is 0.364 e. The fourth-order valence-corrected chi connectivity index (χ4v) is 2.55. The molecule has 0 aliphatic heterocycles. The third kappa shape index (κ3) is 4.00. The summed E-state index contributed by atoms with van der Waals surface area (Å²) in [5.41, 5.74) is 4.31. The van der Waals surface area contributed by atoms with Gasteiger partial charge in [-0.1, -0.05) is 47.5 Å². The minimum absolute atomic E-state index is 0.450. The van der Waals surface area contributed by atoms with Crippen LogP contribution in [0.3, 0.4) is 0 Å². The standard InChI is InChI=1S/C18H18ClN5/c1-12-7-8-16(13(2)9-12)22-18-23-17(11-21-24-18)20-10-14-5-3-4-6-15(14)19/h3-9,11H,10H2,1-2H3,(H2,20,22,23,24). The summed E-state index contributed by atoms with van der Waals surface area (Å²) in [7, 11) is 0. The predicted molar refractivity (Wildman–Crippen MR) is 97.8 cm³/mol. The Kier molecular flexibility index (Phi) is 4.91. The summed E-state index contributed by atoms with van der Waals surface area (Å²) >= 11 is 6.16. The highest BCUT2D eigenvalue weighted by Gasteiger charge is 2.05. The molecule has 0 radical (unpaired) electrons. The molecule has 0 fully saturated rings. The number of halogens is 1. The number of hydrogen-bond acceptors (Lipinski definition) is 5. The molecular formula is C18H18ClN5. The number of benzene rings is 2. The maximum atomic E-state index is 6.16. The molecule has 0 saturated heterocycles. The Balaban J connectivity index is 1.71. The van der Waals surface area contributed by atoms with Crippen molar-refractivity contribution >= 4 is 29.1 Å². The first kappa shape index (κ1) is 16.2. The number of anilines is 3. The molecule has 2 N–H and O–H groups in total. The van der Waals surface area contributed by atoms with Gasteiger partial charge in [-0.25, -0.2) is 0 Å². The van der Waals surface area contributed by atoms with Gasteiger partial charge in [-0.15, -0.1) is 5.10 Å². The number of nitrogens with one attached hydrogen (secondary N) is 2. The topological polar surface area (TPSA) is 62.7 Å². The first-order chi connectivity index (χ1) is 11.6. The maximum absolute atomic E-state index is 6.16. The van der Waals surface area contributed by atoms with E-state index in [0.29, 0.717) is 18.3 Å². The summed E-state index contributed by atoms with van der Waals surface area (Å²) in [6, 6.07) is 13.9. The van der Waals surface area contributed by atoms with Gasteiger partial charge in [0.1, 0.15) is 0 Å². The molecule has 6 heteroatoms. The Morgan fingerprint density at radius 3 is 2.71 bits per heavy atom. The number of nitrogens with zero attached hydrogens (tertiary/aromatic N) is 3. The van der Waals surface area contributed by atoms with Crippen molar-refractivity contribution in [1.29, 1.82) is 0 Å². The fraction of sp³-hybridized carbons (Fsp3) is 0.167. The number of hydrogen-bond donors (Lipinski definition) is 2. The van der Waals surface area contributed by atoms with E-state index in [0.717, 1.165) is 21.8 Å². The number of rotatable bonds is 5. The molecule has 0 aliphatic carbocycles. The lowest BCUT2D eigenvalue weighted by atomic mass is 10.1. The van der Waals surface area contributed by atoms with Crippen LogP contribution in [0.5, 0.6) is 0 Å². The normalized spacial score (nSPS) is 10.5. The van der Waals surface area contributed by atoms with Crippen LogP contribution in [0.15, 0.2) is 48.7 Å². The zero-order chi connectivity index (χ0) is 16.9. The second kappa shape index (κ2) is 7.27. The summed E-state index contributed by atoms with van der Waals surface area (Å²) in [5, 5.41) is 15.2. The van der Waals surface area contributed by atoms with E-state index >= 15 is 0 Å². The first-order valence-corrected chi connectivity index (χ1v) is 8.01. The van der Waals surface area contributed by atoms with Gasteiger partial charge in [0.15, 0.2) is 5.82 Å². The minimum atomic E-state index is 0.450. The van der Waals surface area contributed by atoms with Crippen LogP contribution in [0.4, 0.5) is 17.5 Å². The number of aryl methyl sites for hydroxylation is 2. The van der Waals surface area contributed by atoms with E-state index in [-0.39, 0.29) is 0 Å². The summed E-state index contributed by atoms with van der Waals surface area (Å²) in [4.78, 5) is 4.44. The monoisotopic (exact) mass is 339 g/mol. The zero-order valence-electron chi connectivity index (χ0n) is 13.5. The molecule has 3 rings (SSSR count). The SMILES string of the molecule is Cc1ccc(Nc2nncc(NCc3ccccc3Cl)n2)c(C)c1. The van der Waals surface area contributed by atoms with Crippen molar-refractivity contribution in [2.75, 3.05) is 10.6 Å². The molecule has 0 bridgehead atoms. The second-order valence-corrected chi connectivity index (χ2v) is 5.96. The summed E-state index contributed by atoms with van der Waals surface area (Å²) in [6.07, 6.45) is 1.59. The van der Waals surface area contributed by atoms with Crippen LogP contribution >= 0.6 is 11.6 Å². The van der Waals surface area contributed by atoms with E-state index in [1.54, 1.807) is 6.20 Å². The van der Waals surface area contributed by atoms with E-state index < -0.39 is 0 Å². The van der Waals surface area contributed by atoms with Crippen LogP contribution in [0, 0.1) is 13.8 Å². The molecule has 0 unspecified atom stereocenters. The molecule has 3 aromatic rings. The van der Waals surface area contributed by atoms with Gasteiger partial charge in [0, 0.05) is 17.3 Å². The van der Waals surface area contributed by atoms with Gasteiger partial charge in [-0.05, 0) is 37.1 Å². The lowest BCUT2D eigenvalue weighted by molar-refractivity contribution is 0.965. The van der Waals surface area contributed by atoms with Crippen molar-refractivity contribution in [2.45, 2.75) is 20.4 Å². The molecule has 0 atom stereocenters. The van der Waals surface area contributed by atoms with Crippen molar-refractivity contribution in [3.63, 3.8) is 0 Å². The van der Waals surface area contributed by atoms with E-state index in [9.17, 15) is 0 Å². The molecule has 0 spiro atoms. The van der Waals surface area contributed by atoms with Crippen LogP contribution in [0.2, 0.25) is 5.02 Å². The minimum Gasteiger partial charge on any atom is -0.364 e. The molecule has 24 heavy (non-hydrogen) atoms. The van der Waals surface area contributed by atoms with Gasteiger partial charge in [0.2, 0.25) is 5.95 Å². The predicted octanol–water partition coefficient (Wildman–Crippen LogP) is 4.50. The van der Waals surface area contributed by atoms with Crippen LogP contribution in [-0.4, -0.2) is 15.2 Å². The molecule has 122 valence electrons. The highest BCUT2D eigenvalue weighted by molar-refractivity contribution is 6.31. The third-order valence-electron chi connectivity index (χ3n) is 3.61. The molecular weight excluding hydrogens is 322 g/mol. The van der Waals surface area contributed by atoms with E-state index in [1.165, 1.54) is 5.56 Å². The van der Waals surface area contributed by atoms with Crippen LogP contribution in [0.1, 0.15) is 16.7 Å². The summed E-state index contributed by atoms with van der Waals surface area (Å²) in [5.74, 6) is 1.09. The summed E-state index contributed by atoms with van der Waals surface area (Å²) in [6.45, 7) is 4.68. The van der Waals surface area contributed by atoms with Crippen molar-refractivity contribution in [3.05, 3.63) is 70.4 Å².